The number of nitrogens with two attached hydrogens (primary N) is 1. The monoisotopic (exact) mass is 262 g/mol. The van der Waals surface area contributed by atoms with Crippen molar-refractivity contribution in [2.24, 2.45) is 5.73 Å². The van der Waals surface area contributed by atoms with Crippen molar-refractivity contribution in [2.75, 3.05) is 24.7 Å². The van der Waals surface area contributed by atoms with Gasteiger partial charge in [0.25, 0.3) is 0 Å². The number of carboxylic acids is 1. The van der Waals surface area contributed by atoms with Crippen molar-refractivity contribution in [2.45, 2.75) is 25.0 Å². The second kappa shape index (κ2) is 7.52. The predicted molar refractivity (Wildman–Crippen MR) is 64.9 cm³/mol. The fourth-order valence-corrected chi connectivity index (χ4v) is 2.24. The third-order valence-electron chi connectivity index (χ3n) is 2.40. The van der Waals surface area contributed by atoms with Gasteiger partial charge in [0.15, 0.2) is 0 Å². The molecule has 1 aliphatic rings. The van der Waals surface area contributed by atoms with Crippen LogP contribution in [0.1, 0.15) is 12.8 Å². The van der Waals surface area contributed by atoms with E-state index in [-0.39, 0.29) is 23.5 Å². The van der Waals surface area contributed by atoms with Gasteiger partial charge in [-0.1, -0.05) is 0 Å². The zero-order chi connectivity index (χ0) is 12.7. The Kier molecular flexibility index (Phi) is 6.31. The van der Waals surface area contributed by atoms with Crippen molar-refractivity contribution >= 4 is 23.6 Å². The van der Waals surface area contributed by atoms with Gasteiger partial charge in [-0.25, -0.2) is 0 Å². The van der Waals surface area contributed by atoms with Crippen molar-refractivity contribution in [3.63, 3.8) is 0 Å². The Morgan fingerprint density at radius 3 is 2.94 bits per heavy atom. The van der Waals surface area contributed by atoms with E-state index in [1.807, 2.05) is 0 Å². The van der Waals surface area contributed by atoms with Crippen molar-refractivity contribution in [1.82, 2.24) is 5.32 Å². The van der Waals surface area contributed by atoms with Crippen LogP contribution >= 0.6 is 11.8 Å². The van der Waals surface area contributed by atoms with Crippen molar-refractivity contribution in [3.05, 3.63) is 0 Å². The van der Waals surface area contributed by atoms with E-state index in [1.165, 1.54) is 11.8 Å². The van der Waals surface area contributed by atoms with Gasteiger partial charge < -0.3 is 20.9 Å². The molecule has 2 atom stereocenters. The summed E-state index contributed by atoms with van der Waals surface area (Å²) in [5.74, 6) is -0.684. The van der Waals surface area contributed by atoms with E-state index < -0.39 is 12.0 Å². The molecule has 1 amide bonds. The van der Waals surface area contributed by atoms with Gasteiger partial charge in [-0.15, -0.1) is 11.8 Å². The van der Waals surface area contributed by atoms with E-state index >= 15 is 0 Å². The third-order valence-corrected chi connectivity index (χ3v) is 3.46. The minimum Gasteiger partial charge on any atom is -0.480 e. The van der Waals surface area contributed by atoms with Gasteiger partial charge in [-0.3, -0.25) is 9.59 Å². The number of hydrogen-bond donors (Lipinski definition) is 3. The van der Waals surface area contributed by atoms with E-state index in [0.29, 0.717) is 6.54 Å². The van der Waals surface area contributed by atoms with Crippen LogP contribution in [0.15, 0.2) is 0 Å². The molecule has 7 heteroatoms. The molecule has 98 valence electrons. The van der Waals surface area contributed by atoms with E-state index in [2.05, 4.69) is 5.32 Å². The summed E-state index contributed by atoms with van der Waals surface area (Å²) in [6.07, 6.45) is 2.16. The quantitative estimate of drug-likeness (QED) is 0.568. The number of aliphatic carboxylic acids is 1. The smallest absolute Gasteiger partial charge is 0.321 e. The van der Waals surface area contributed by atoms with E-state index in [1.54, 1.807) is 0 Å². The highest BCUT2D eigenvalue weighted by molar-refractivity contribution is 8.00. The fourth-order valence-electron chi connectivity index (χ4n) is 1.43. The van der Waals surface area contributed by atoms with Gasteiger partial charge in [-0.2, -0.15) is 0 Å². The van der Waals surface area contributed by atoms with Crippen LogP contribution in [0.5, 0.6) is 0 Å². The molecule has 1 aliphatic heterocycles. The zero-order valence-corrected chi connectivity index (χ0v) is 10.4. The Bertz CT molecular complexity index is 269. The summed E-state index contributed by atoms with van der Waals surface area (Å²) >= 11 is 1.22. The number of carboxylic acid groups (broad SMARTS) is 1. The van der Waals surface area contributed by atoms with Gasteiger partial charge in [0.1, 0.15) is 6.04 Å². The van der Waals surface area contributed by atoms with Gasteiger partial charge in [0.2, 0.25) is 5.91 Å². The number of rotatable bonds is 7. The predicted octanol–water partition coefficient (Wildman–Crippen LogP) is -0.573. The number of ether oxygens (including phenoxy) is 1. The summed E-state index contributed by atoms with van der Waals surface area (Å²) in [6.45, 7) is 1.30. The highest BCUT2D eigenvalue weighted by Gasteiger charge is 2.16. The summed E-state index contributed by atoms with van der Waals surface area (Å²) in [7, 11) is 0. The van der Waals surface area contributed by atoms with E-state index in [9.17, 15) is 9.59 Å². The Balaban J connectivity index is 2.02. The fraction of sp³-hybridized carbons (Fsp3) is 0.800. The van der Waals surface area contributed by atoms with Crippen LogP contribution in [0, 0.1) is 0 Å². The lowest BCUT2D eigenvalue weighted by Gasteiger charge is -2.11. The Morgan fingerprint density at radius 1 is 1.59 bits per heavy atom. The largest absolute Gasteiger partial charge is 0.480 e. The molecule has 1 unspecified atom stereocenters. The van der Waals surface area contributed by atoms with Crippen molar-refractivity contribution in [1.29, 1.82) is 0 Å². The molecule has 1 saturated heterocycles. The molecule has 17 heavy (non-hydrogen) atoms. The van der Waals surface area contributed by atoms with Crippen molar-refractivity contribution in [3.8, 4) is 0 Å². The lowest BCUT2D eigenvalue weighted by molar-refractivity contribution is -0.138. The molecule has 0 bridgehead atoms. The van der Waals surface area contributed by atoms with Crippen LogP contribution in [-0.2, 0) is 14.3 Å². The summed E-state index contributed by atoms with van der Waals surface area (Å²) in [6, 6.07) is -0.911. The molecule has 1 fully saturated rings. The maximum absolute atomic E-state index is 11.4. The summed E-state index contributed by atoms with van der Waals surface area (Å²) in [4.78, 5) is 21.8. The van der Waals surface area contributed by atoms with E-state index in [0.717, 1.165) is 19.4 Å². The Labute approximate surface area is 104 Å². The number of amides is 1. The van der Waals surface area contributed by atoms with Gasteiger partial charge in [0.05, 0.1) is 11.9 Å². The lowest BCUT2D eigenvalue weighted by atomic mass is 10.2. The van der Waals surface area contributed by atoms with Crippen LogP contribution in [0.2, 0.25) is 0 Å². The minimum absolute atomic E-state index is 0.108. The molecule has 0 radical (unpaired) electrons. The first kappa shape index (κ1) is 14.3. The normalized spacial score (nSPS) is 21.1. The zero-order valence-electron chi connectivity index (χ0n) is 9.55. The number of thioether (sulfide) groups is 1. The number of carbonyl (C=O) groups excluding carboxylic acids is 1. The first-order chi connectivity index (χ1) is 8.09. The third kappa shape index (κ3) is 5.90. The van der Waals surface area contributed by atoms with Crippen LogP contribution in [0.25, 0.3) is 0 Å². The SMILES string of the molecule is N[C@@H](CSCC(=O)NCC1CCCO1)C(=O)O. The molecular formula is C10H18N2O4S. The molecule has 0 aromatic rings. The Hall–Kier alpha value is -0.790. The van der Waals surface area contributed by atoms with Gasteiger partial charge >= 0.3 is 5.97 Å². The topological polar surface area (TPSA) is 102 Å². The Morgan fingerprint density at radius 2 is 2.35 bits per heavy atom. The van der Waals surface area contributed by atoms with Crippen LogP contribution in [-0.4, -0.2) is 53.8 Å². The maximum atomic E-state index is 11.4. The summed E-state index contributed by atoms with van der Waals surface area (Å²) in [5.41, 5.74) is 5.30. The first-order valence-electron chi connectivity index (χ1n) is 5.54. The molecule has 1 rings (SSSR count). The first-order valence-corrected chi connectivity index (χ1v) is 6.69. The van der Waals surface area contributed by atoms with E-state index in [4.69, 9.17) is 15.6 Å². The summed E-state index contributed by atoms with van der Waals surface area (Å²) in [5, 5.41) is 11.3. The lowest BCUT2D eigenvalue weighted by Crippen LogP contribution is -2.35. The standard InChI is InChI=1S/C10H18N2O4S/c11-8(10(14)15)5-17-6-9(13)12-4-7-2-1-3-16-7/h7-8H,1-6,11H2,(H,12,13)(H,14,15)/t7?,8-/m0/s1. The molecule has 4 N–H and O–H groups in total. The van der Waals surface area contributed by atoms with Crippen LogP contribution < -0.4 is 11.1 Å². The molecular weight excluding hydrogens is 244 g/mol. The second-order valence-electron chi connectivity index (χ2n) is 3.90. The average molecular weight is 262 g/mol. The number of hydrogen-bond acceptors (Lipinski definition) is 5. The number of nitrogens with one attached hydrogen (secondary N) is 1. The van der Waals surface area contributed by atoms with Crippen LogP contribution in [0.3, 0.4) is 0 Å². The molecule has 0 aromatic carbocycles. The maximum Gasteiger partial charge on any atom is 0.321 e. The van der Waals surface area contributed by atoms with Gasteiger partial charge in [0, 0.05) is 18.9 Å². The molecule has 0 spiro atoms. The minimum atomic E-state index is -1.04. The molecule has 6 nitrogen and oxygen atoms in total. The second-order valence-corrected chi connectivity index (χ2v) is 4.93. The van der Waals surface area contributed by atoms with Crippen molar-refractivity contribution < 1.29 is 19.4 Å². The summed E-state index contributed by atoms with van der Waals surface area (Å²) < 4.78 is 5.36. The van der Waals surface area contributed by atoms with Gasteiger partial charge in [-0.05, 0) is 12.8 Å². The van der Waals surface area contributed by atoms with Crippen LogP contribution in [0.4, 0.5) is 0 Å². The molecule has 0 aliphatic carbocycles. The number of carbonyl (C=O) groups is 2. The highest BCUT2D eigenvalue weighted by atomic mass is 32.2. The molecule has 0 saturated carbocycles. The molecule has 1 heterocycles. The highest BCUT2D eigenvalue weighted by Crippen LogP contribution is 2.10. The molecule has 0 aromatic heterocycles. The average Bonchev–Trinajstić information content (AvgIpc) is 2.78.